The molecule has 2 amide bonds. The first-order chi connectivity index (χ1) is 12.1. The van der Waals surface area contributed by atoms with Gasteiger partial charge in [0.1, 0.15) is 0 Å². The van der Waals surface area contributed by atoms with Crippen LogP contribution in [0.25, 0.3) is 0 Å². The molecule has 3 N–H and O–H groups in total. The molecule has 0 radical (unpaired) electrons. The van der Waals surface area contributed by atoms with Crippen LogP contribution in [0.2, 0.25) is 0 Å². The minimum Gasteiger partial charge on any atom is -0.449 e. The van der Waals surface area contributed by atoms with E-state index in [-0.39, 0.29) is 25.2 Å². The van der Waals surface area contributed by atoms with Gasteiger partial charge in [0, 0.05) is 11.4 Å². The average molecular weight is 371 g/mol. The monoisotopic (exact) mass is 371 g/mol. The van der Waals surface area contributed by atoms with Crippen LogP contribution < -0.4 is 10.9 Å². The highest BCUT2D eigenvalue weighted by Crippen LogP contribution is 2.18. The summed E-state index contributed by atoms with van der Waals surface area (Å²) in [5.41, 5.74) is 4.57. The first-order valence-electron chi connectivity index (χ1n) is 8.35. The number of rotatable bonds is 8. The van der Waals surface area contributed by atoms with E-state index in [1.807, 2.05) is 22.4 Å². The van der Waals surface area contributed by atoms with Gasteiger partial charge >= 0.3 is 6.09 Å². The van der Waals surface area contributed by atoms with E-state index in [1.165, 1.54) is 0 Å². The van der Waals surface area contributed by atoms with Crippen LogP contribution in [0.3, 0.4) is 0 Å². The molecule has 0 bridgehead atoms. The van der Waals surface area contributed by atoms with E-state index in [9.17, 15) is 14.7 Å². The van der Waals surface area contributed by atoms with Crippen molar-refractivity contribution in [3.63, 3.8) is 0 Å². The number of aliphatic hydroxyl groups is 1. The lowest BCUT2D eigenvalue weighted by Gasteiger charge is -2.25. The maximum absolute atomic E-state index is 12.2. The highest BCUT2D eigenvalue weighted by Gasteiger charge is 2.32. The fraction of sp³-hybridized carbons (Fsp3) is 0.625. The molecule has 1 aromatic heterocycles. The van der Waals surface area contributed by atoms with Crippen LogP contribution in [0.15, 0.2) is 17.5 Å². The van der Waals surface area contributed by atoms with Crippen LogP contribution in [0.4, 0.5) is 4.79 Å². The molecule has 2 atom stereocenters. The van der Waals surface area contributed by atoms with Crippen LogP contribution in [0, 0.1) is 0 Å². The van der Waals surface area contributed by atoms with Gasteiger partial charge in [0.25, 0.3) is 5.91 Å². The van der Waals surface area contributed by atoms with Crippen LogP contribution in [0.1, 0.15) is 24.6 Å². The molecule has 1 aliphatic rings. The van der Waals surface area contributed by atoms with Gasteiger partial charge in [-0.05, 0) is 37.8 Å². The smallest absolute Gasteiger partial charge is 0.426 e. The first kappa shape index (κ1) is 19.6. The summed E-state index contributed by atoms with van der Waals surface area (Å²) < 4.78 is 10.2. The van der Waals surface area contributed by atoms with E-state index in [2.05, 4.69) is 15.6 Å². The number of ether oxygens (including phenoxy) is 2. The second-order valence-electron chi connectivity index (χ2n) is 5.74. The SMILES string of the molecule is CCOC(=O)NNC(=O)[C@@H]1CCCN1C[C@@H](O)COCc1cccs1. The normalized spacial score (nSPS) is 18.7. The topological polar surface area (TPSA) is 100 Å². The summed E-state index contributed by atoms with van der Waals surface area (Å²) in [5.74, 6) is -0.308. The van der Waals surface area contributed by atoms with Crippen LogP contribution >= 0.6 is 11.3 Å². The fourth-order valence-corrected chi connectivity index (χ4v) is 3.36. The molecular formula is C16H25N3O5S. The lowest BCUT2D eigenvalue weighted by atomic mass is 10.2. The number of amides is 2. The second-order valence-corrected chi connectivity index (χ2v) is 6.77. The van der Waals surface area contributed by atoms with Crippen molar-refractivity contribution >= 4 is 23.3 Å². The molecule has 0 spiro atoms. The molecule has 1 aliphatic heterocycles. The summed E-state index contributed by atoms with van der Waals surface area (Å²) in [4.78, 5) is 26.4. The molecule has 1 fully saturated rings. The summed E-state index contributed by atoms with van der Waals surface area (Å²) in [6.45, 7) is 3.67. The molecule has 2 rings (SSSR count). The Hall–Kier alpha value is -1.68. The van der Waals surface area contributed by atoms with Crippen molar-refractivity contribution in [3.8, 4) is 0 Å². The Morgan fingerprint density at radius 3 is 3.04 bits per heavy atom. The predicted molar refractivity (Wildman–Crippen MR) is 92.9 cm³/mol. The molecule has 2 heterocycles. The Bertz CT molecular complexity index is 540. The van der Waals surface area contributed by atoms with Crippen molar-refractivity contribution in [1.82, 2.24) is 15.8 Å². The van der Waals surface area contributed by atoms with Gasteiger partial charge in [0.15, 0.2) is 0 Å². The zero-order valence-corrected chi connectivity index (χ0v) is 15.1. The summed E-state index contributed by atoms with van der Waals surface area (Å²) in [7, 11) is 0. The molecular weight excluding hydrogens is 346 g/mol. The average Bonchev–Trinajstić information content (AvgIpc) is 3.25. The maximum Gasteiger partial charge on any atom is 0.426 e. The zero-order chi connectivity index (χ0) is 18.1. The lowest BCUT2D eigenvalue weighted by Crippen LogP contribution is -2.51. The highest BCUT2D eigenvalue weighted by atomic mass is 32.1. The van der Waals surface area contributed by atoms with Crippen molar-refractivity contribution in [1.29, 1.82) is 0 Å². The van der Waals surface area contributed by atoms with Gasteiger partial charge in [-0.2, -0.15) is 0 Å². The largest absolute Gasteiger partial charge is 0.449 e. The Kier molecular flexibility index (Phi) is 8.13. The van der Waals surface area contributed by atoms with Crippen LogP contribution in [0.5, 0.6) is 0 Å². The number of carbonyl (C=O) groups is 2. The van der Waals surface area contributed by atoms with E-state index in [1.54, 1.807) is 18.3 Å². The van der Waals surface area contributed by atoms with Crippen LogP contribution in [-0.4, -0.2) is 60.5 Å². The summed E-state index contributed by atoms with van der Waals surface area (Å²) in [5, 5.41) is 12.1. The number of hydrogen-bond donors (Lipinski definition) is 3. The predicted octanol–water partition coefficient (Wildman–Crippen LogP) is 0.867. The number of nitrogens with zero attached hydrogens (tertiary/aromatic N) is 1. The number of β-amino-alcohol motifs (C(OH)–C–C–N with tert-alkyl or cyclic N) is 1. The van der Waals surface area contributed by atoms with Crippen molar-refractivity contribution in [2.45, 2.75) is 38.5 Å². The quantitative estimate of drug-likeness (QED) is 0.586. The number of likely N-dealkylation sites (tertiary alicyclic amines) is 1. The summed E-state index contributed by atoms with van der Waals surface area (Å²) >= 11 is 1.61. The van der Waals surface area contributed by atoms with Crippen molar-refractivity contribution in [2.75, 3.05) is 26.3 Å². The van der Waals surface area contributed by atoms with Gasteiger partial charge in [-0.1, -0.05) is 6.07 Å². The third-order valence-electron chi connectivity index (χ3n) is 3.81. The van der Waals surface area contributed by atoms with E-state index >= 15 is 0 Å². The van der Waals surface area contributed by atoms with Gasteiger partial charge in [0.05, 0.1) is 32.0 Å². The third-order valence-corrected chi connectivity index (χ3v) is 4.66. The van der Waals surface area contributed by atoms with Gasteiger partial charge < -0.3 is 14.6 Å². The molecule has 1 saturated heterocycles. The number of aliphatic hydroxyl groups excluding tert-OH is 1. The highest BCUT2D eigenvalue weighted by molar-refractivity contribution is 7.09. The summed E-state index contributed by atoms with van der Waals surface area (Å²) in [6, 6.07) is 3.56. The minimum absolute atomic E-state index is 0.212. The van der Waals surface area contributed by atoms with Gasteiger partial charge in [0.2, 0.25) is 0 Å². The van der Waals surface area contributed by atoms with E-state index in [4.69, 9.17) is 4.74 Å². The molecule has 0 aliphatic carbocycles. The Balaban J connectivity index is 1.70. The zero-order valence-electron chi connectivity index (χ0n) is 14.3. The number of carbonyl (C=O) groups excluding carboxylic acids is 2. The standard InChI is InChI=1S/C16H25N3O5S/c1-2-24-16(22)18-17-15(21)14-6-3-7-19(14)9-12(20)10-23-11-13-5-4-8-25-13/h4-5,8,12,14,20H,2-3,6-7,9-11H2,1H3,(H,17,21)(H,18,22)/t12-,14+/m1/s1. The van der Waals surface area contributed by atoms with Gasteiger partial charge in [-0.3, -0.25) is 15.1 Å². The Morgan fingerprint density at radius 1 is 1.48 bits per heavy atom. The van der Waals surface area contributed by atoms with E-state index < -0.39 is 12.2 Å². The molecule has 1 aromatic rings. The van der Waals surface area contributed by atoms with E-state index in [0.717, 1.165) is 17.8 Å². The van der Waals surface area contributed by atoms with Gasteiger partial charge in [-0.15, -0.1) is 11.3 Å². The molecule has 25 heavy (non-hydrogen) atoms. The summed E-state index contributed by atoms with van der Waals surface area (Å²) in [6.07, 6.45) is 0.174. The van der Waals surface area contributed by atoms with E-state index in [0.29, 0.717) is 19.6 Å². The van der Waals surface area contributed by atoms with Crippen molar-refractivity contribution < 1.29 is 24.2 Å². The molecule has 0 aromatic carbocycles. The van der Waals surface area contributed by atoms with Crippen LogP contribution in [-0.2, 0) is 20.9 Å². The number of thiophene rings is 1. The number of hydrogen-bond acceptors (Lipinski definition) is 7. The first-order valence-corrected chi connectivity index (χ1v) is 9.23. The third kappa shape index (κ3) is 6.62. The van der Waals surface area contributed by atoms with Crippen molar-refractivity contribution in [2.24, 2.45) is 0 Å². The molecule has 140 valence electrons. The fourth-order valence-electron chi connectivity index (χ4n) is 2.72. The Labute approximate surface area is 151 Å². The molecule has 9 heteroatoms. The number of nitrogens with one attached hydrogen (secondary N) is 2. The Morgan fingerprint density at radius 2 is 2.32 bits per heavy atom. The van der Waals surface area contributed by atoms with Gasteiger partial charge in [-0.25, -0.2) is 10.2 Å². The maximum atomic E-state index is 12.2. The number of hydrazine groups is 1. The molecule has 0 unspecified atom stereocenters. The lowest BCUT2D eigenvalue weighted by molar-refractivity contribution is -0.127. The van der Waals surface area contributed by atoms with Crippen molar-refractivity contribution in [3.05, 3.63) is 22.4 Å². The molecule has 8 nitrogen and oxygen atoms in total. The second kappa shape index (κ2) is 10.3. The molecule has 0 saturated carbocycles. The minimum atomic E-state index is -0.692.